The predicted molar refractivity (Wildman–Crippen MR) is 122 cm³/mol. The summed E-state index contributed by atoms with van der Waals surface area (Å²) >= 11 is 0. The van der Waals surface area contributed by atoms with Crippen molar-refractivity contribution in [2.75, 3.05) is 25.0 Å². The molecule has 1 aromatic carbocycles. The molecule has 2 aliphatic rings. The Bertz CT molecular complexity index is 1060. The number of carbonyl (C=O) groups is 2. The maximum atomic E-state index is 12.6. The van der Waals surface area contributed by atoms with E-state index in [0.717, 1.165) is 28.7 Å². The summed E-state index contributed by atoms with van der Waals surface area (Å²) in [5, 5.41) is 12.7. The molecule has 0 bridgehead atoms. The topological polar surface area (TPSA) is 91.8 Å². The molecule has 2 aliphatic heterocycles. The third kappa shape index (κ3) is 5.12. The lowest BCUT2D eigenvalue weighted by Gasteiger charge is -2.26. The lowest BCUT2D eigenvalue weighted by Crippen LogP contribution is -2.33. The molecule has 1 unspecified atom stereocenters. The molecule has 3 heterocycles. The number of hydrogen-bond donors (Lipinski definition) is 2. The van der Waals surface area contributed by atoms with Crippen molar-refractivity contribution in [3.63, 3.8) is 0 Å². The van der Waals surface area contributed by atoms with Crippen LogP contribution in [-0.4, -0.2) is 46.5 Å². The Balaban J connectivity index is 1.35. The highest BCUT2D eigenvalue weighted by Crippen LogP contribution is 2.25. The van der Waals surface area contributed by atoms with E-state index in [2.05, 4.69) is 16.4 Å². The second kappa shape index (κ2) is 9.89. The molecular weight excluding hydrogens is 406 g/mol. The average molecular weight is 434 g/mol. The highest BCUT2D eigenvalue weighted by Gasteiger charge is 2.18. The zero-order valence-electron chi connectivity index (χ0n) is 18.1. The number of aliphatic hydroxyl groups is 1. The van der Waals surface area contributed by atoms with Gasteiger partial charge in [-0.1, -0.05) is 30.3 Å². The number of fused-ring (bicyclic) bond motifs is 1. The summed E-state index contributed by atoms with van der Waals surface area (Å²) in [6.07, 6.45) is 8.07. The first-order chi connectivity index (χ1) is 15.5. The van der Waals surface area contributed by atoms with Crippen LogP contribution in [0.15, 0.2) is 48.7 Å². The van der Waals surface area contributed by atoms with Crippen LogP contribution in [0.1, 0.15) is 48.3 Å². The van der Waals surface area contributed by atoms with Crippen LogP contribution in [0.3, 0.4) is 0 Å². The zero-order valence-corrected chi connectivity index (χ0v) is 18.1. The van der Waals surface area contributed by atoms with E-state index in [-0.39, 0.29) is 11.8 Å². The van der Waals surface area contributed by atoms with E-state index in [1.165, 1.54) is 5.57 Å². The van der Waals surface area contributed by atoms with Crippen LogP contribution in [0.25, 0.3) is 11.6 Å². The van der Waals surface area contributed by atoms with E-state index < -0.39 is 6.29 Å². The van der Waals surface area contributed by atoms with Crippen LogP contribution in [0, 0.1) is 0 Å². The molecule has 0 fully saturated rings. The van der Waals surface area contributed by atoms with Crippen molar-refractivity contribution in [3.8, 4) is 0 Å². The van der Waals surface area contributed by atoms with Gasteiger partial charge in [-0.3, -0.25) is 9.59 Å². The van der Waals surface area contributed by atoms with Crippen LogP contribution in [-0.2, 0) is 20.7 Å². The maximum absolute atomic E-state index is 12.6. The van der Waals surface area contributed by atoms with Gasteiger partial charge in [-0.05, 0) is 54.2 Å². The number of aliphatic hydroxyl groups excluding tert-OH is 1. The first-order valence-corrected chi connectivity index (χ1v) is 10.9. The molecule has 7 nitrogen and oxygen atoms in total. The number of nitrogens with zero attached hydrogens (tertiary/aromatic N) is 2. The summed E-state index contributed by atoms with van der Waals surface area (Å²) in [4.78, 5) is 30.2. The van der Waals surface area contributed by atoms with Gasteiger partial charge in [0.1, 0.15) is 5.82 Å². The second-order valence-electron chi connectivity index (χ2n) is 7.85. The van der Waals surface area contributed by atoms with Gasteiger partial charge in [-0.15, -0.1) is 0 Å². The molecule has 1 aromatic heterocycles. The molecule has 166 valence electrons. The lowest BCUT2D eigenvalue weighted by molar-refractivity contribution is -0.125. The molecule has 0 aliphatic carbocycles. The quantitative estimate of drug-likeness (QED) is 0.539. The monoisotopic (exact) mass is 433 g/mol. The van der Waals surface area contributed by atoms with Crippen LogP contribution in [0.5, 0.6) is 0 Å². The molecule has 7 heteroatoms. The zero-order chi connectivity index (χ0) is 22.5. The number of pyridine rings is 1. The normalized spacial score (nSPS) is 17.0. The molecule has 0 saturated carbocycles. The number of anilines is 1. The minimum Gasteiger partial charge on any atom is -0.364 e. The second-order valence-corrected chi connectivity index (χ2v) is 7.85. The molecule has 2 aromatic rings. The van der Waals surface area contributed by atoms with Gasteiger partial charge in [-0.2, -0.15) is 0 Å². The fourth-order valence-corrected chi connectivity index (χ4v) is 3.89. The van der Waals surface area contributed by atoms with E-state index >= 15 is 0 Å². The summed E-state index contributed by atoms with van der Waals surface area (Å²) in [7, 11) is 0. The molecule has 32 heavy (non-hydrogen) atoms. The van der Waals surface area contributed by atoms with Gasteiger partial charge in [0.2, 0.25) is 11.8 Å². The number of aromatic nitrogens is 1. The van der Waals surface area contributed by atoms with E-state index in [4.69, 9.17) is 4.74 Å². The highest BCUT2D eigenvalue weighted by molar-refractivity contribution is 5.94. The van der Waals surface area contributed by atoms with Crippen molar-refractivity contribution >= 4 is 29.3 Å². The van der Waals surface area contributed by atoms with E-state index in [1.54, 1.807) is 23.2 Å². The number of ether oxygens (including phenoxy) is 1. The summed E-state index contributed by atoms with van der Waals surface area (Å²) < 4.78 is 5.21. The van der Waals surface area contributed by atoms with Crippen LogP contribution in [0.2, 0.25) is 0 Å². The third-order valence-corrected chi connectivity index (χ3v) is 5.70. The minimum absolute atomic E-state index is 0.0139. The largest absolute Gasteiger partial charge is 0.364 e. The first kappa shape index (κ1) is 21.9. The minimum atomic E-state index is -0.904. The number of benzene rings is 1. The van der Waals surface area contributed by atoms with E-state index in [1.807, 2.05) is 37.3 Å². The van der Waals surface area contributed by atoms with Crippen molar-refractivity contribution in [3.05, 3.63) is 70.9 Å². The first-order valence-electron chi connectivity index (χ1n) is 10.9. The number of amides is 2. The molecule has 0 spiro atoms. The molecule has 1 atom stereocenters. The predicted octanol–water partition coefficient (Wildman–Crippen LogP) is 3.32. The molecule has 4 rings (SSSR count). The Labute approximate surface area is 187 Å². The third-order valence-electron chi connectivity index (χ3n) is 5.70. The summed E-state index contributed by atoms with van der Waals surface area (Å²) in [5.41, 5.74) is 4.84. The molecular formula is C25H27N3O4. The number of rotatable bonds is 6. The number of aryl methyl sites for hydroxylation is 1. The van der Waals surface area contributed by atoms with Gasteiger partial charge in [-0.25, -0.2) is 4.98 Å². The Morgan fingerprint density at radius 1 is 1.28 bits per heavy atom. The van der Waals surface area contributed by atoms with Gasteiger partial charge >= 0.3 is 0 Å². The summed E-state index contributed by atoms with van der Waals surface area (Å²) in [6.45, 7) is 3.49. The fourth-order valence-electron chi connectivity index (χ4n) is 3.89. The molecule has 2 amide bonds. The van der Waals surface area contributed by atoms with E-state index in [9.17, 15) is 14.7 Å². The van der Waals surface area contributed by atoms with Crippen molar-refractivity contribution in [1.82, 2.24) is 9.88 Å². The summed E-state index contributed by atoms with van der Waals surface area (Å²) in [5.74, 6) is 0.556. The smallest absolute Gasteiger partial charge is 0.246 e. The maximum Gasteiger partial charge on any atom is 0.246 e. The van der Waals surface area contributed by atoms with E-state index in [0.29, 0.717) is 38.4 Å². The average Bonchev–Trinajstić information content (AvgIpc) is 2.83. The van der Waals surface area contributed by atoms with Crippen LogP contribution >= 0.6 is 0 Å². The van der Waals surface area contributed by atoms with Gasteiger partial charge in [0.15, 0.2) is 6.29 Å². The fraction of sp³-hybridized carbons (Fsp3) is 0.320. The van der Waals surface area contributed by atoms with Crippen molar-refractivity contribution in [1.29, 1.82) is 0 Å². The standard InChI is InChI=1S/C25H27N3O4/c1-2-32-25(31)20-6-4-18(5-7-20)19-11-13-28(14-12-19)23(30)10-3-17-15-21-8-9-22(29)27-24(21)26-16-17/h3-7,10-11,15-16,25,31H,2,8-9,12-14H2,1H3,(H,26,27,29). The Morgan fingerprint density at radius 2 is 2.09 bits per heavy atom. The highest BCUT2D eigenvalue weighted by atomic mass is 16.6. The summed E-state index contributed by atoms with van der Waals surface area (Å²) in [6, 6.07) is 9.66. The number of nitrogens with one attached hydrogen (secondary N) is 1. The lowest BCUT2D eigenvalue weighted by atomic mass is 9.98. The Hall–Kier alpha value is -3.29. The Morgan fingerprint density at radius 3 is 2.81 bits per heavy atom. The van der Waals surface area contributed by atoms with Crippen molar-refractivity contribution < 1.29 is 19.4 Å². The van der Waals surface area contributed by atoms with Gasteiger partial charge in [0.05, 0.1) is 0 Å². The SMILES string of the molecule is CCOC(O)c1ccc(C2=CCN(C(=O)C=Cc3cnc4c(c3)CCC(=O)N4)CC2)cc1. The molecule has 0 saturated heterocycles. The van der Waals surface area contributed by atoms with Gasteiger partial charge in [0.25, 0.3) is 0 Å². The number of carbonyl (C=O) groups excluding carboxylic acids is 2. The van der Waals surface area contributed by atoms with Crippen LogP contribution in [0.4, 0.5) is 5.82 Å². The molecule has 0 radical (unpaired) electrons. The van der Waals surface area contributed by atoms with Crippen LogP contribution < -0.4 is 5.32 Å². The van der Waals surface area contributed by atoms with Gasteiger partial charge < -0.3 is 20.1 Å². The Kier molecular flexibility index (Phi) is 6.78. The van der Waals surface area contributed by atoms with Gasteiger partial charge in [0, 0.05) is 44.0 Å². The van der Waals surface area contributed by atoms with Crippen molar-refractivity contribution in [2.24, 2.45) is 0 Å². The number of hydrogen-bond acceptors (Lipinski definition) is 5. The van der Waals surface area contributed by atoms with Crippen molar-refractivity contribution in [2.45, 2.75) is 32.5 Å². The molecule has 2 N–H and O–H groups in total.